The minimum Gasteiger partial charge on any atom is -0.439 e. The SMILES string of the molecule is CCOCC(=O)C(N=O)=C(N)Oc1ccc(CC)cc1. The molecule has 2 N–H and O–H groups in total. The molecule has 0 saturated heterocycles. The Hall–Kier alpha value is -2.21. The van der Waals surface area contributed by atoms with E-state index in [1.807, 2.05) is 19.1 Å². The highest BCUT2D eigenvalue weighted by Crippen LogP contribution is 2.16. The van der Waals surface area contributed by atoms with Crippen LogP contribution < -0.4 is 10.5 Å². The second-order valence-electron chi connectivity index (χ2n) is 3.96. The monoisotopic (exact) mass is 278 g/mol. The predicted molar refractivity (Wildman–Crippen MR) is 75.0 cm³/mol. The van der Waals surface area contributed by atoms with Gasteiger partial charge in [-0.2, -0.15) is 0 Å². The van der Waals surface area contributed by atoms with Crippen molar-refractivity contribution in [2.75, 3.05) is 13.2 Å². The molecule has 0 heterocycles. The first-order valence-electron chi connectivity index (χ1n) is 6.33. The second kappa shape index (κ2) is 8.06. The summed E-state index contributed by atoms with van der Waals surface area (Å²) in [5.41, 5.74) is 6.27. The van der Waals surface area contributed by atoms with Gasteiger partial charge in [0.2, 0.25) is 17.4 Å². The van der Waals surface area contributed by atoms with Crippen molar-refractivity contribution in [3.63, 3.8) is 0 Å². The first kappa shape index (κ1) is 15.8. The van der Waals surface area contributed by atoms with Crippen LogP contribution in [-0.4, -0.2) is 19.0 Å². The molecule has 0 spiro atoms. The van der Waals surface area contributed by atoms with Crippen molar-refractivity contribution in [3.8, 4) is 5.75 Å². The number of carbonyl (C=O) groups is 1. The highest BCUT2D eigenvalue weighted by atomic mass is 16.5. The fraction of sp³-hybridized carbons (Fsp3) is 0.357. The van der Waals surface area contributed by atoms with Crippen molar-refractivity contribution in [1.82, 2.24) is 0 Å². The molecule has 0 aliphatic carbocycles. The number of ketones is 1. The molecule has 0 atom stereocenters. The lowest BCUT2D eigenvalue weighted by Crippen LogP contribution is -2.18. The Bertz CT molecular complexity index is 494. The Balaban J connectivity index is 2.82. The van der Waals surface area contributed by atoms with Crippen molar-refractivity contribution in [3.05, 3.63) is 46.3 Å². The van der Waals surface area contributed by atoms with Gasteiger partial charge in [-0.15, -0.1) is 4.91 Å². The number of hydrogen-bond donors (Lipinski definition) is 1. The third kappa shape index (κ3) is 4.47. The van der Waals surface area contributed by atoms with Crippen LogP contribution in [-0.2, 0) is 16.0 Å². The smallest absolute Gasteiger partial charge is 0.224 e. The van der Waals surface area contributed by atoms with E-state index >= 15 is 0 Å². The van der Waals surface area contributed by atoms with Gasteiger partial charge in [0.25, 0.3) is 0 Å². The topological polar surface area (TPSA) is 91.0 Å². The largest absolute Gasteiger partial charge is 0.439 e. The lowest BCUT2D eigenvalue weighted by molar-refractivity contribution is -0.120. The maximum absolute atomic E-state index is 11.6. The van der Waals surface area contributed by atoms with Crippen molar-refractivity contribution >= 4 is 5.78 Å². The zero-order valence-electron chi connectivity index (χ0n) is 11.6. The maximum Gasteiger partial charge on any atom is 0.224 e. The van der Waals surface area contributed by atoms with Gasteiger partial charge in [0.05, 0.1) is 0 Å². The molecule has 0 bridgehead atoms. The molecule has 108 valence electrons. The first-order chi connectivity index (χ1) is 9.62. The van der Waals surface area contributed by atoms with Crippen LogP contribution in [0.15, 0.2) is 41.0 Å². The lowest BCUT2D eigenvalue weighted by Gasteiger charge is -2.08. The molecule has 20 heavy (non-hydrogen) atoms. The summed E-state index contributed by atoms with van der Waals surface area (Å²) in [6.07, 6.45) is 0.902. The van der Waals surface area contributed by atoms with Gasteiger partial charge in [-0.1, -0.05) is 19.1 Å². The number of nitroso groups, excluding NO2 is 1. The number of benzene rings is 1. The Morgan fingerprint density at radius 3 is 2.40 bits per heavy atom. The number of Topliss-reactive ketones (excluding diaryl/α,β-unsaturated/α-hetero) is 1. The fourth-order valence-corrected chi connectivity index (χ4v) is 1.46. The Morgan fingerprint density at radius 2 is 1.90 bits per heavy atom. The van der Waals surface area contributed by atoms with Gasteiger partial charge in [0.1, 0.15) is 12.4 Å². The van der Waals surface area contributed by atoms with Crippen LogP contribution in [0.4, 0.5) is 0 Å². The van der Waals surface area contributed by atoms with E-state index in [4.69, 9.17) is 15.2 Å². The Labute approximate surface area is 117 Å². The molecule has 0 aliphatic rings. The molecule has 0 amide bonds. The standard InChI is InChI=1S/C14H18N2O4/c1-3-10-5-7-11(8-6-10)20-14(15)13(16-18)12(17)9-19-4-2/h5-8H,3-4,9,15H2,1-2H3. The number of hydrogen-bond acceptors (Lipinski definition) is 6. The molecule has 6 nitrogen and oxygen atoms in total. The van der Waals surface area contributed by atoms with Crippen LogP contribution in [0, 0.1) is 4.91 Å². The zero-order valence-corrected chi connectivity index (χ0v) is 11.6. The van der Waals surface area contributed by atoms with E-state index in [1.165, 1.54) is 0 Å². The molecule has 0 fully saturated rings. The summed E-state index contributed by atoms with van der Waals surface area (Å²) < 4.78 is 10.2. The number of nitrogens with two attached hydrogens (primary N) is 1. The molecule has 0 unspecified atom stereocenters. The van der Waals surface area contributed by atoms with E-state index in [0.29, 0.717) is 12.4 Å². The molecular formula is C14H18N2O4. The van der Waals surface area contributed by atoms with Gasteiger partial charge in [0, 0.05) is 6.61 Å². The minimum absolute atomic E-state index is 0.254. The van der Waals surface area contributed by atoms with Crippen LogP contribution in [0.25, 0.3) is 0 Å². The summed E-state index contributed by atoms with van der Waals surface area (Å²) in [6, 6.07) is 7.17. The third-order valence-corrected chi connectivity index (χ3v) is 2.59. The number of nitrogens with zero attached hydrogens (tertiary/aromatic N) is 1. The average molecular weight is 278 g/mol. The first-order valence-corrected chi connectivity index (χ1v) is 6.33. The quantitative estimate of drug-likeness (QED) is 0.447. The molecule has 1 aromatic rings. The summed E-state index contributed by atoms with van der Waals surface area (Å²) in [5.74, 6) is -0.497. The molecule has 1 rings (SSSR count). The van der Waals surface area contributed by atoms with Crippen LogP contribution >= 0.6 is 0 Å². The van der Waals surface area contributed by atoms with Crippen molar-refractivity contribution < 1.29 is 14.3 Å². The van der Waals surface area contributed by atoms with E-state index in [0.717, 1.165) is 12.0 Å². The minimum atomic E-state index is -0.607. The highest BCUT2D eigenvalue weighted by molar-refractivity contribution is 5.96. The van der Waals surface area contributed by atoms with E-state index in [-0.39, 0.29) is 12.5 Å². The van der Waals surface area contributed by atoms with Gasteiger partial charge in [0.15, 0.2) is 0 Å². The average Bonchev–Trinajstić information content (AvgIpc) is 2.46. The molecule has 0 saturated carbocycles. The van der Waals surface area contributed by atoms with Gasteiger partial charge < -0.3 is 15.2 Å². The van der Waals surface area contributed by atoms with Crippen LogP contribution in [0.3, 0.4) is 0 Å². The molecule has 0 aromatic heterocycles. The van der Waals surface area contributed by atoms with E-state index in [2.05, 4.69) is 5.18 Å². The van der Waals surface area contributed by atoms with E-state index < -0.39 is 11.5 Å². The fourth-order valence-electron chi connectivity index (χ4n) is 1.46. The summed E-state index contributed by atoms with van der Waals surface area (Å²) in [7, 11) is 0. The molecule has 1 aromatic carbocycles. The Kier molecular flexibility index (Phi) is 6.39. The number of ether oxygens (including phenoxy) is 2. The molecule has 0 aliphatic heterocycles. The van der Waals surface area contributed by atoms with Gasteiger partial charge in [-0.25, -0.2) is 0 Å². The van der Waals surface area contributed by atoms with Crippen LogP contribution in [0.2, 0.25) is 0 Å². The molecular weight excluding hydrogens is 260 g/mol. The summed E-state index contributed by atoms with van der Waals surface area (Å²) in [4.78, 5) is 22.3. The highest BCUT2D eigenvalue weighted by Gasteiger charge is 2.17. The van der Waals surface area contributed by atoms with Crippen LogP contribution in [0.1, 0.15) is 19.4 Å². The number of aryl methyl sites for hydroxylation is 1. The Morgan fingerprint density at radius 1 is 1.25 bits per heavy atom. The summed E-state index contributed by atoms with van der Waals surface area (Å²) in [5, 5.41) is 2.62. The third-order valence-electron chi connectivity index (χ3n) is 2.59. The normalized spacial score (nSPS) is 11.7. The number of carbonyl (C=O) groups excluding carboxylic acids is 1. The lowest BCUT2D eigenvalue weighted by atomic mass is 10.2. The summed E-state index contributed by atoms with van der Waals surface area (Å²) in [6.45, 7) is 3.87. The number of rotatable bonds is 8. The van der Waals surface area contributed by atoms with Gasteiger partial charge in [-0.3, -0.25) is 4.79 Å². The molecule has 0 radical (unpaired) electrons. The van der Waals surface area contributed by atoms with Crippen LogP contribution in [0.5, 0.6) is 5.75 Å². The summed E-state index contributed by atoms with van der Waals surface area (Å²) >= 11 is 0. The van der Waals surface area contributed by atoms with Crippen molar-refractivity contribution in [1.29, 1.82) is 0 Å². The van der Waals surface area contributed by atoms with Crippen molar-refractivity contribution in [2.24, 2.45) is 10.9 Å². The molecule has 6 heteroatoms. The predicted octanol–water partition coefficient (Wildman–Crippen LogP) is 2.13. The van der Waals surface area contributed by atoms with Gasteiger partial charge >= 0.3 is 0 Å². The van der Waals surface area contributed by atoms with Gasteiger partial charge in [-0.05, 0) is 36.2 Å². The maximum atomic E-state index is 11.6. The van der Waals surface area contributed by atoms with E-state index in [1.54, 1.807) is 19.1 Å². The van der Waals surface area contributed by atoms with Crippen molar-refractivity contribution in [2.45, 2.75) is 20.3 Å². The zero-order chi connectivity index (χ0) is 15.0. The van der Waals surface area contributed by atoms with E-state index in [9.17, 15) is 9.70 Å². The second-order valence-corrected chi connectivity index (χ2v) is 3.96.